The largest absolute Gasteiger partial charge is 0.387 e. The number of piperazine rings is 1. The standard InChI is InChI=1S/C16H21F2N3OS/c1-11-9-19-16(23-11)21-6-4-20(5-7-21)10-15(22)12-2-3-13(17)14(18)8-12/h2-3,8,11,15,22H,4-7,9-10H2,1H3. The van der Waals surface area contributed by atoms with Gasteiger partial charge in [0, 0.05) is 38.0 Å². The number of thioether (sulfide) groups is 1. The smallest absolute Gasteiger partial charge is 0.159 e. The normalized spacial score (nSPS) is 23.9. The van der Waals surface area contributed by atoms with Gasteiger partial charge in [-0.25, -0.2) is 8.78 Å². The highest BCUT2D eigenvalue weighted by Gasteiger charge is 2.25. The predicted molar refractivity (Wildman–Crippen MR) is 88.7 cm³/mol. The van der Waals surface area contributed by atoms with E-state index in [2.05, 4.69) is 21.7 Å². The van der Waals surface area contributed by atoms with E-state index in [4.69, 9.17) is 0 Å². The molecule has 1 saturated heterocycles. The first kappa shape index (κ1) is 16.7. The molecule has 0 amide bonds. The van der Waals surface area contributed by atoms with Crippen LogP contribution >= 0.6 is 11.8 Å². The molecule has 0 bridgehead atoms. The molecule has 0 aromatic heterocycles. The molecule has 1 aromatic carbocycles. The number of amidine groups is 1. The summed E-state index contributed by atoms with van der Waals surface area (Å²) in [6, 6.07) is 3.56. The number of nitrogens with zero attached hydrogens (tertiary/aromatic N) is 3. The Bertz CT molecular complexity index is 591. The van der Waals surface area contributed by atoms with Gasteiger partial charge in [0.1, 0.15) is 0 Å². The molecule has 126 valence electrons. The minimum absolute atomic E-state index is 0.413. The van der Waals surface area contributed by atoms with Crippen LogP contribution in [0.1, 0.15) is 18.6 Å². The molecule has 3 rings (SSSR count). The van der Waals surface area contributed by atoms with Crippen LogP contribution in [0.5, 0.6) is 0 Å². The van der Waals surface area contributed by atoms with Crippen molar-refractivity contribution in [3.8, 4) is 0 Å². The predicted octanol–water partition coefficient (Wildman–Crippen LogP) is 2.11. The minimum atomic E-state index is -0.920. The van der Waals surface area contributed by atoms with Crippen LogP contribution in [0.15, 0.2) is 23.2 Å². The van der Waals surface area contributed by atoms with E-state index in [0.717, 1.165) is 50.0 Å². The number of hydrogen-bond acceptors (Lipinski definition) is 5. The SMILES string of the molecule is CC1CN=C(N2CCN(CC(O)c3ccc(F)c(F)c3)CC2)S1. The topological polar surface area (TPSA) is 39.1 Å². The maximum atomic E-state index is 13.3. The Morgan fingerprint density at radius 2 is 2.00 bits per heavy atom. The van der Waals surface area contributed by atoms with Gasteiger partial charge in [-0.15, -0.1) is 0 Å². The Morgan fingerprint density at radius 3 is 2.61 bits per heavy atom. The van der Waals surface area contributed by atoms with E-state index in [9.17, 15) is 13.9 Å². The van der Waals surface area contributed by atoms with Crippen LogP contribution in [-0.2, 0) is 0 Å². The first-order valence-electron chi connectivity index (χ1n) is 7.84. The quantitative estimate of drug-likeness (QED) is 0.914. The summed E-state index contributed by atoms with van der Waals surface area (Å²) in [5.41, 5.74) is 0.413. The molecule has 1 aromatic rings. The molecule has 7 heteroatoms. The Kier molecular flexibility index (Phi) is 5.18. The lowest BCUT2D eigenvalue weighted by Gasteiger charge is -2.36. The number of benzene rings is 1. The molecule has 0 saturated carbocycles. The lowest BCUT2D eigenvalue weighted by atomic mass is 10.1. The highest BCUT2D eigenvalue weighted by atomic mass is 32.2. The Hall–Kier alpha value is -1.18. The van der Waals surface area contributed by atoms with Gasteiger partial charge in [-0.2, -0.15) is 0 Å². The van der Waals surface area contributed by atoms with E-state index in [0.29, 0.717) is 17.4 Å². The molecule has 1 N–H and O–H groups in total. The average molecular weight is 341 g/mol. The Morgan fingerprint density at radius 1 is 1.26 bits per heavy atom. The van der Waals surface area contributed by atoms with Gasteiger partial charge in [-0.05, 0) is 17.7 Å². The fourth-order valence-electron chi connectivity index (χ4n) is 2.83. The fourth-order valence-corrected chi connectivity index (χ4v) is 3.82. The molecule has 2 heterocycles. The Labute approximate surface area is 139 Å². The summed E-state index contributed by atoms with van der Waals surface area (Å²) in [6.07, 6.45) is -0.810. The van der Waals surface area contributed by atoms with Crippen molar-refractivity contribution in [3.05, 3.63) is 35.4 Å². The first-order valence-corrected chi connectivity index (χ1v) is 8.72. The van der Waals surface area contributed by atoms with Gasteiger partial charge in [0.05, 0.1) is 12.6 Å². The van der Waals surface area contributed by atoms with Crippen LogP contribution in [0.25, 0.3) is 0 Å². The monoisotopic (exact) mass is 341 g/mol. The van der Waals surface area contributed by atoms with E-state index in [1.54, 1.807) is 0 Å². The van der Waals surface area contributed by atoms with Gasteiger partial charge in [-0.3, -0.25) is 9.89 Å². The van der Waals surface area contributed by atoms with Crippen LogP contribution < -0.4 is 0 Å². The molecule has 2 aliphatic rings. The molecular formula is C16H21F2N3OS. The second-order valence-electron chi connectivity index (χ2n) is 6.03. The molecule has 4 nitrogen and oxygen atoms in total. The molecule has 0 aliphatic carbocycles. The second kappa shape index (κ2) is 7.15. The summed E-state index contributed by atoms with van der Waals surface area (Å²) < 4.78 is 26.2. The number of β-amino-alcohol motifs (C(OH)–C–C–N with tert-alkyl or cyclic N) is 1. The number of aliphatic imine (C=N–C) groups is 1. The lowest BCUT2D eigenvalue weighted by Crippen LogP contribution is -2.48. The summed E-state index contributed by atoms with van der Waals surface area (Å²) in [6.45, 7) is 6.90. The molecular weight excluding hydrogens is 320 g/mol. The highest BCUT2D eigenvalue weighted by molar-refractivity contribution is 8.14. The molecule has 0 spiro atoms. The van der Waals surface area contributed by atoms with Crippen LogP contribution in [-0.4, -0.2) is 64.6 Å². The van der Waals surface area contributed by atoms with E-state index in [1.165, 1.54) is 6.07 Å². The third-order valence-electron chi connectivity index (χ3n) is 4.19. The van der Waals surface area contributed by atoms with Crippen LogP contribution in [0, 0.1) is 11.6 Å². The van der Waals surface area contributed by atoms with Gasteiger partial charge in [0.15, 0.2) is 16.8 Å². The van der Waals surface area contributed by atoms with Gasteiger partial charge < -0.3 is 10.0 Å². The van der Waals surface area contributed by atoms with Crippen molar-refractivity contribution in [1.29, 1.82) is 0 Å². The molecule has 2 atom stereocenters. The van der Waals surface area contributed by atoms with E-state index in [-0.39, 0.29) is 0 Å². The molecule has 23 heavy (non-hydrogen) atoms. The summed E-state index contributed by atoms with van der Waals surface area (Å²) in [4.78, 5) is 8.98. The number of halogens is 2. The molecule has 1 fully saturated rings. The van der Waals surface area contributed by atoms with Crippen LogP contribution in [0.4, 0.5) is 8.78 Å². The van der Waals surface area contributed by atoms with E-state index < -0.39 is 17.7 Å². The van der Waals surface area contributed by atoms with Gasteiger partial charge in [0.25, 0.3) is 0 Å². The summed E-state index contributed by atoms with van der Waals surface area (Å²) >= 11 is 1.82. The Balaban J connectivity index is 1.51. The minimum Gasteiger partial charge on any atom is -0.387 e. The van der Waals surface area contributed by atoms with Crippen molar-refractivity contribution in [3.63, 3.8) is 0 Å². The van der Waals surface area contributed by atoms with Crippen molar-refractivity contribution in [2.24, 2.45) is 4.99 Å². The number of rotatable bonds is 3. The van der Waals surface area contributed by atoms with E-state index >= 15 is 0 Å². The first-order chi connectivity index (χ1) is 11.0. The zero-order chi connectivity index (χ0) is 16.4. The molecule has 2 unspecified atom stereocenters. The van der Waals surface area contributed by atoms with Crippen molar-refractivity contribution < 1.29 is 13.9 Å². The summed E-state index contributed by atoms with van der Waals surface area (Å²) in [5.74, 6) is -1.81. The van der Waals surface area contributed by atoms with Crippen molar-refractivity contribution in [1.82, 2.24) is 9.80 Å². The van der Waals surface area contributed by atoms with Gasteiger partial charge in [0.2, 0.25) is 0 Å². The van der Waals surface area contributed by atoms with Crippen LogP contribution in [0.2, 0.25) is 0 Å². The zero-order valence-corrected chi connectivity index (χ0v) is 13.9. The summed E-state index contributed by atoms with van der Waals surface area (Å²) in [5, 5.41) is 11.9. The maximum Gasteiger partial charge on any atom is 0.159 e. The third kappa shape index (κ3) is 4.02. The van der Waals surface area contributed by atoms with Gasteiger partial charge >= 0.3 is 0 Å². The van der Waals surface area contributed by atoms with Crippen molar-refractivity contribution >= 4 is 16.9 Å². The second-order valence-corrected chi connectivity index (χ2v) is 7.43. The van der Waals surface area contributed by atoms with Crippen molar-refractivity contribution in [2.75, 3.05) is 39.3 Å². The third-order valence-corrected chi connectivity index (χ3v) is 5.34. The van der Waals surface area contributed by atoms with E-state index in [1.807, 2.05) is 11.8 Å². The number of aliphatic hydroxyl groups is 1. The molecule has 0 radical (unpaired) electrons. The fraction of sp³-hybridized carbons (Fsp3) is 0.562. The number of aliphatic hydroxyl groups excluding tert-OH is 1. The lowest BCUT2D eigenvalue weighted by molar-refractivity contribution is 0.0901. The molecule has 2 aliphatic heterocycles. The highest BCUT2D eigenvalue weighted by Crippen LogP contribution is 2.24. The zero-order valence-electron chi connectivity index (χ0n) is 13.1. The van der Waals surface area contributed by atoms with Crippen molar-refractivity contribution in [2.45, 2.75) is 18.3 Å². The maximum absolute atomic E-state index is 13.3. The van der Waals surface area contributed by atoms with Crippen LogP contribution in [0.3, 0.4) is 0 Å². The number of hydrogen-bond donors (Lipinski definition) is 1. The average Bonchev–Trinajstić information content (AvgIpc) is 2.97. The van der Waals surface area contributed by atoms with Gasteiger partial charge in [-0.1, -0.05) is 24.8 Å². The summed E-state index contributed by atoms with van der Waals surface area (Å²) in [7, 11) is 0.